The molecule has 1 fully saturated rings. The van der Waals surface area contributed by atoms with Gasteiger partial charge in [0.2, 0.25) is 0 Å². The second-order valence-electron chi connectivity index (χ2n) is 4.28. The fourth-order valence-electron chi connectivity index (χ4n) is 1.96. The summed E-state index contributed by atoms with van der Waals surface area (Å²) in [6, 6.07) is 6.01. The van der Waals surface area contributed by atoms with Crippen LogP contribution in [0.25, 0.3) is 11.3 Å². The Bertz CT molecular complexity index is 580. The van der Waals surface area contributed by atoms with E-state index in [0.29, 0.717) is 16.1 Å². The highest BCUT2D eigenvalue weighted by Crippen LogP contribution is 2.31. The SMILES string of the molecule is Clc1ccc(-c2csc(C3CSCCN3)n2)cc1Cl. The number of halogens is 2. The van der Waals surface area contributed by atoms with Crippen LogP contribution in [0.3, 0.4) is 0 Å². The average Bonchev–Trinajstić information content (AvgIpc) is 2.93. The first-order valence-corrected chi connectivity index (χ1v) is 8.75. The molecule has 0 amide bonds. The van der Waals surface area contributed by atoms with Gasteiger partial charge in [0.25, 0.3) is 0 Å². The van der Waals surface area contributed by atoms with Gasteiger partial charge in [-0.1, -0.05) is 29.3 Å². The summed E-state index contributed by atoms with van der Waals surface area (Å²) in [6.07, 6.45) is 0. The number of nitrogens with one attached hydrogen (secondary N) is 1. The van der Waals surface area contributed by atoms with Crippen molar-refractivity contribution in [3.63, 3.8) is 0 Å². The number of nitrogens with zero attached hydrogens (tertiary/aromatic N) is 1. The molecule has 2 heterocycles. The van der Waals surface area contributed by atoms with Crippen LogP contribution in [0.1, 0.15) is 11.0 Å². The lowest BCUT2D eigenvalue weighted by Gasteiger charge is -2.20. The van der Waals surface area contributed by atoms with Crippen molar-refractivity contribution in [1.82, 2.24) is 10.3 Å². The molecule has 2 aromatic rings. The third kappa shape index (κ3) is 3.09. The van der Waals surface area contributed by atoms with E-state index in [1.54, 1.807) is 11.3 Å². The number of benzene rings is 1. The number of aromatic nitrogens is 1. The number of thiazole rings is 1. The highest BCUT2D eigenvalue weighted by molar-refractivity contribution is 7.99. The molecule has 0 bridgehead atoms. The van der Waals surface area contributed by atoms with Crippen molar-refractivity contribution in [2.45, 2.75) is 6.04 Å². The minimum Gasteiger partial charge on any atom is -0.306 e. The van der Waals surface area contributed by atoms with Gasteiger partial charge in [-0.3, -0.25) is 0 Å². The van der Waals surface area contributed by atoms with Gasteiger partial charge in [0.05, 0.1) is 21.8 Å². The summed E-state index contributed by atoms with van der Waals surface area (Å²) in [4.78, 5) is 4.72. The Kier molecular flexibility index (Phi) is 4.34. The lowest BCUT2D eigenvalue weighted by atomic mass is 10.2. The summed E-state index contributed by atoms with van der Waals surface area (Å²) in [5.41, 5.74) is 1.98. The van der Waals surface area contributed by atoms with Crippen molar-refractivity contribution in [3.8, 4) is 11.3 Å². The first-order valence-electron chi connectivity index (χ1n) is 5.96. The summed E-state index contributed by atoms with van der Waals surface area (Å²) in [5.74, 6) is 2.27. The van der Waals surface area contributed by atoms with Crippen LogP contribution in [0.2, 0.25) is 10.0 Å². The Hall–Kier alpha value is -0.260. The van der Waals surface area contributed by atoms with Gasteiger partial charge < -0.3 is 5.32 Å². The van der Waals surface area contributed by atoms with E-state index in [9.17, 15) is 0 Å². The van der Waals surface area contributed by atoms with Crippen molar-refractivity contribution in [1.29, 1.82) is 0 Å². The smallest absolute Gasteiger partial charge is 0.111 e. The fraction of sp³-hybridized carbons (Fsp3) is 0.308. The van der Waals surface area contributed by atoms with E-state index >= 15 is 0 Å². The normalized spacial score (nSPS) is 19.6. The molecule has 100 valence electrons. The van der Waals surface area contributed by atoms with E-state index in [2.05, 4.69) is 10.7 Å². The molecule has 0 aliphatic carbocycles. The Morgan fingerprint density at radius 1 is 1.26 bits per heavy atom. The zero-order chi connectivity index (χ0) is 13.2. The molecule has 1 N–H and O–H groups in total. The zero-order valence-corrected chi connectivity index (χ0v) is 13.2. The van der Waals surface area contributed by atoms with Crippen LogP contribution in [0.4, 0.5) is 0 Å². The number of rotatable bonds is 2. The number of thioether (sulfide) groups is 1. The van der Waals surface area contributed by atoms with Crippen LogP contribution in [-0.4, -0.2) is 23.0 Å². The predicted octanol–water partition coefficient (Wildman–Crippen LogP) is 4.49. The van der Waals surface area contributed by atoms with Gasteiger partial charge in [0, 0.05) is 29.0 Å². The zero-order valence-electron chi connectivity index (χ0n) is 10.0. The van der Waals surface area contributed by atoms with Gasteiger partial charge in [-0.05, 0) is 12.1 Å². The minimum atomic E-state index is 0.375. The Morgan fingerprint density at radius 2 is 2.16 bits per heavy atom. The van der Waals surface area contributed by atoms with E-state index < -0.39 is 0 Å². The highest BCUT2D eigenvalue weighted by atomic mass is 35.5. The molecule has 3 rings (SSSR count). The van der Waals surface area contributed by atoms with Crippen LogP contribution < -0.4 is 5.32 Å². The maximum atomic E-state index is 6.05. The second-order valence-corrected chi connectivity index (χ2v) is 7.14. The molecular weight excluding hydrogens is 319 g/mol. The molecule has 1 atom stereocenters. The molecule has 1 saturated heterocycles. The van der Waals surface area contributed by atoms with E-state index in [0.717, 1.165) is 28.6 Å². The molecule has 2 nitrogen and oxygen atoms in total. The predicted molar refractivity (Wildman–Crippen MR) is 85.6 cm³/mol. The minimum absolute atomic E-state index is 0.375. The molecule has 19 heavy (non-hydrogen) atoms. The van der Waals surface area contributed by atoms with Crippen molar-refractivity contribution >= 4 is 46.3 Å². The van der Waals surface area contributed by atoms with Crippen molar-refractivity contribution in [2.24, 2.45) is 0 Å². The average molecular weight is 331 g/mol. The third-order valence-corrected chi connectivity index (χ3v) is 5.72. The van der Waals surface area contributed by atoms with Crippen LogP contribution in [0.5, 0.6) is 0 Å². The molecule has 6 heteroatoms. The topological polar surface area (TPSA) is 24.9 Å². The molecule has 0 saturated carbocycles. The highest BCUT2D eigenvalue weighted by Gasteiger charge is 2.18. The quantitative estimate of drug-likeness (QED) is 0.877. The third-order valence-electron chi connectivity index (χ3n) is 2.96. The maximum Gasteiger partial charge on any atom is 0.111 e. The molecule has 1 aromatic heterocycles. The van der Waals surface area contributed by atoms with Gasteiger partial charge >= 0.3 is 0 Å². The standard InChI is InChI=1S/C13H12Cl2N2S2/c14-9-2-1-8(5-10(9)15)11-7-19-13(17-11)12-6-18-4-3-16-12/h1-2,5,7,12,16H,3-4,6H2. The molecule has 1 unspecified atom stereocenters. The summed E-state index contributed by atoms with van der Waals surface area (Å²) in [5, 5.41) is 7.87. The molecule has 0 spiro atoms. The molecule has 0 radical (unpaired) electrons. The summed E-state index contributed by atoms with van der Waals surface area (Å²) >= 11 is 15.7. The largest absolute Gasteiger partial charge is 0.306 e. The van der Waals surface area contributed by atoms with Gasteiger partial charge in [-0.2, -0.15) is 11.8 Å². The maximum absolute atomic E-state index is 6.05. The van der Waals surface area contributed by atoms with E-state index in [-0.39, 0.29) is 0 Å². The van der Waals surface area contributed by atoms with Crippen LogP contribution in [0, 0.1) is 0 Å². The summed E-state index contributed by atoms with van der Waals surface area (Å²) < 4.78 is 0. The molecule has 1 aliphatic heterocycles. The van der Waals surface area contributed by atoms with Gasteiger partial charge in [-0.15, -0.1) is 11.3 Å². The Labute approximate surface area is 130 Å². The Balaban J connectivity index is 1.85. The van der Waals surface area contributed by atoms with Gasteiger partial charge in [0.1, 0.15) is 5.01 Å². The van der Waals surface area contributed by atoms with Crippen LogP contribution in [-0.2, 0) is 0 Å². The molecular formula is C13H12Cl2N2S2. The number of hydrogen-bond donors (Lipinski definition) is 1. The summed E-state index contributed by atoms with van der Waals surface area (Å²) in [7, 11) is 0. The van der Waals surface area contributed by atoms with Gasteiger partial charge in [-0.25, -0.2) is 4.98 Å². The van der Waals surface area contributed by atoms with Crippen molar-refractivity contribution in [3.05, 3.63) is 38.6 Å². The monoisotopic (exact) mass is 330 g/mol. The van der Waals surface area contributed by atoms with E-state index in [4.69, 9.17) is 28.2 Å². The van der Waals surface area contributed by atoms with E-state index in [1.807, 2.05) is 30.0 Å². The lowest BCUT2D eigenvalue weighted by Crippen LogP contribution is -2.30. The Morgan fingerprint density at radius 3 is 2.89 bits per heavy atom. The van der Waals surface area contributed by atoms with Crippen LogP contribution >= 0.6 is 46.3 Å². The summed E-state index contributed by atoms with van der Waals surface area (Å²) in [6.45, 7) is 1.05. The second kappa shape index (κ2) is 6.02. The van der Waals surface area contributed by atoms with Crippen molar-refractivity contribution in [2.75, 3.05) is 18.1 Å². The van der Waals surface area contributed by atoms with E-state index in [1.165, 1.54) is 5.75 Å². The van der Waals surface area contributed by atoms with Gasteiger partial charge in [0.15, 0.2) is 0 Å². The molecule has 1 aliphatic rings. The first-order chi connectivity index (χ1) is 9.24. The first kappa shape index (κ1) is 13.7. The number of hydrogen-bond acceptors (Lipinski definition) is 4. The van der Waals surface area contributed by atoms with Crippen LogP contribution in [0.15, 0.2) is 23.6 Å². The fourth-order valence-corrected chi connectivity index (χ4v) is 4.21. The molecule has 1 aromatic carbocycles. The lowest BCUT2D eigenvalue weighted by molar-refractivity contribution is 0.592. The van der Waals surface area contributed by atoms with Crippen molar-refractivity contribution < 1.29 is 0 Å².